The second-order valence-corrected chi connectivity index (χ2v) is 13.0. The van der Waals surface area contributed by atoms with Crippen LogP contribution in [0, 0.1) is 6.92 Å². The molecule has 228 valence electrons. The van der Waals surface area contributed by atoms with Crippen molar-refractivity contribution in [1.29, 1.82) is 0 Å². The average molecular weight is 618 g/mol. The molecule has 1 heterocycles. The van der Waals surface area contributed by atoms with E-state index < -0.39 is 28.9 Å². The number of fused-ring (bicyclic) bond motifs is 1. The molecule has 1 N–H and O–H groups in total. The number of carboxylic acids is 1. The van der Waals surface area contributed by atoms with Gasteiger partial charge in [0, 0.05) is 11.4 Å². The molecule has 0 unspecified atom stereocenters. The summed E-state index contributed by atoms with van der Waals surface area (Å²) in [5.41, 5.74) is 2.60. The minimum absolute atomic E-state index is 0.213. The van der Waals surface area contributed by atoms with E-state index in [-0.39, 0.29) is 5.76 Å². The fraction of sp³-hybridized carbons (Fsp3) is 0.250. The molecule has 0 atom stereocenters. The molecule has 0 amide bonds. The maximum absolute atomic E-state index is 13.5. The van der Waals surface area contributed by atoms with Crippen LogP contribution < -0.4 is 0 Å². The zero-order chi connectivity index (χ0) is 31.9. The molecule has 0 bridgehead atoms. The van der Waals surface area contributed by atoms with Gasteiger partial charge in [0.2, 0.25) is 5.76 Å². The van der Waals surface area contributed by atoms with Gasteiger partial charge < -0.3 is 9.52 Å². The van der Waals surface area contributed by atoms with Crippen LogP contribution in [0.5, 0.6) is 0 Å². The SMILES string of the molecule is Cc1ccc2ccccc2c1SN(Cc1ccc(-c2cccc(C(C)(C)C(=O)O)c2)cc1)C(C)(C)c1ccc(C(F)(F)F)o1. The zero-order valence-corrected chi connectivity index (χ0v) is 26.0. The molecule has 5 aromatic rings. The van der Waals surface area contributed by atoms with Crippen molar-refractivity contribution < 1.29 is 27.5 Å². The highest BCUT2D eigenvalue weighted by Gasteiger charge is 2.39. The van der Waals surface area contributed by atoms with E-state index in [1.807, 2.05) is 87.5 Å². The molecule has 0 spiro atoms. The van der Waals surface area contributed by atoms with Crippen LogP contribution in [-0.2, 0) is 28.5 Å². The summed E-state index contributed by atoms with van der Waals surface area (Å²) in [6.45, 7) is 9.53. The Morgan fingerprint density at radius 2 is 1.50 bits per heavy atom. The van der Waals surface area contributed by atoms with E-state index in [0.29, 0.717) is 12.1 Å². The van der Waals surface area contributed by atoms with Crippen molar-refractivity contribution in [2.75, 3.05) is 0 Å². The first-order valence-corrected chi connectivity index (χ1v) is 15.0. The Kier molecular flexibility index (Phi) is 8.44. The van der Waals surface area contributed by atoms with Gasteiger partial charge in [-0.3, -0.25) is 4.79 Å². The van der Waals surface area contributed by atoms with Gasteiger partial charge in [0.15, 0.2) is 0 Å². The number of carbonyl (C=O) groups is 1. The minimum Gasteiger partial charge on any atom is -0.481 e. The van der Waals surface area contributed by atoms with Crippen LogP contribution in [0.15, 0.2) is 106 Å². The van der Waals surface area contributed by atoms with E-state index in [4.69, 9.17) is 4.42 Å². The van der Waals surface area contributed by atoms with Crippen molar-refractivity contribution in [3.05, 3.63) is 125 Å². The highest BCUT2D eigenvalue weighted by Crippen LogP contribution is 2.44. The quantitative estimate of drug-likeness (QED) is 0.167. The molecule has 4 nitrogen and oxygen atoms in total. The van der Waals surface area contributed by atoms with Crippen molar-refractivity contribution in [2.24, 2.45) is 0 Å². The number of aliphatic carboxylic acids is 1. The fourth-order valence-electron chi connectivity index (χ4n) is 5.05. The average Bonchev–Trinajstić information content (AvgIpc) is 3.51. The van der Waals surface area contributed by atoms with Crippen LogP contribution >= 0.6 is 11.9 Å². The molecule has 0 radical (unpaired) electrons. The summed E-state index contributed by atoms with van der Waals surface area (Å²) < 4.78 is 47.9. The first kappa shape index (κ1) is 31.4. The molecular weight excluding hydrogens is 583 g/mol. The zero-order valence-electron chi connectivity index (χ0n) is 25.2. The lowest BCUT2D eigenvalue weighted by Crippen LogP contribution is -2.36. The first-order valence-electron chi connectivity index (χ1n) is 14.2. The van der Waals surface area contributed by atoms with E-state index in [2.05, 4.69) is 22.5 Å². The monoisotopic (exact) mass is 617 g/mol. The van der Waals surface area contributed by atoms with Gasteiger partial charge in [0.1, 0.15) is 5.76 Å². The lowest BCUT2D eigenvalue weighted by molar-refractivity contribution is -0.154. The maximum atomic E-state index is 13.5. The largest absolute Gasteiger partial charge is 0.481 e. The second-order valence-electron chi connectivity index (χ2n) is 12.0. The summed E-state index contributed by atoms with van der Waals surface area (Å²) in [5, 5.41) is 11.8. The van der Waals surface area contributed by atoms with E-state index in [1.54, 1.807) is 13.8 Å². The molecule has 5 rings (SSSR count). The van der Waals surface area contributed by atoms with E-state index in [1.165, 1.54) is 18.0 Å². The highest BCUT2D eigenvalue weighted by atomic mass is 32.2. The minimum atomic E-state index is -4.58. The molecule has 4 aromatic carbocycles. The van der Waals surface area contributed by atoms with Gasteiger partial charge in [-0.15, -0.1) is 0 Å². The molecule has 1 aromatic heterocycles. The molecule has 44 heavy (non-hydrogen) atoms. The molecule has 0 aliphatic heterocycles. The van der Waals surface area contributed by atoms with Crippen LogP contribution in [0.4, 0.5) is 13.2 Å². The molecule has 8 heteroatoms. The van der Waals surface area contributed by atoms with Gasteiger partial charge in [-0.25, -0.2) is 4.31 Å². The van der Waals surface area contributed by atoms with Gasteiger partial charge in [-0.1, -0.05) is 84.9 Å². The molecule has 0 saturated carbocycles. The molecular formula is C36H34F3NO3S. The lowest BCUT2D eigenvalue weighted by atomic mass is 9.83. The smallest absolute Gasteiger partial charge is 0.449 e. The number of carboxylic acid groups (broad SMARTS) is 1. The molecule has 0 fully saturated rings. The van der Waals surface area contributed by atoms with E-state index in [0.717, 1.165) is 44.0 Å². The first-order chi connectivity index (χ1) is 20.7. The number of benzene rings is 4. The maximum Gasteiger partial charge on any atom is 0.449 e. The number of halogens is 3. The summed E-state index contributed by atoms with van der Waals surface area (Å²) in [4.78, 5) is 12.8. The highest BCUT2D eigenvalue weighted by molar-refractivity contribution is 7.97. The Morgan fingerprint density at radius 3 is 2.16 bits per heavy atom. The van der Waals surface area contributed by atoms with Gasteiger partial charge in [0.25, 0.3) is 0 Å². The summed E-state index contributed by atoms with van der Waals surface area (Å²) in [6.07, 6.45) is -4.58. The molecule has 0 aliphatic carbocycles. The van der Waals surface area contributed by atoms with Crippen molar-refractivity contribution in [3.63, 3.8) is 0 Å². The van der Waals surface area contributed by atoms with Crippen LogP contribution in [0.2, 0.25) is 0 Å². The third-order valence-electron chi connectivity index (χ3n) is 8.12. The van der Waals surface area contributed by atoms with Crippen molar-refractivity contribution >= 4 is 28.7 Å². The lowest BCUT2D eigenvalue weighted by Gasteiger charge is -2.36. The number of hydrogen-bond donors (Lipinski definition) is 1. The van der Waals surface area contributed by atoms with Crippen molar-refractivity contribution in [1.82, 2.24) is 4.31 Å². The normalized spacial score (nSPS) is 12.7. The fourth-order valence-corrected chi connectivity index (χ4v) is 6.30. The molecule has 0 aliphatic rings. The van der Waals surface area contributed by atoms with Gasteiger partial charge in [-0.2, -0.15) is 13.2 Å². The van der Waals surface area contributed by atoms with Gasteiger partial charge >= 0.3 is 12.1 Å². The predicted octanol–water partition coefficient (Wildman–Crippen LogP) is 10.2. The van der Waals surface area contributed by atoms with Crippen molar-refractivity contribution in [3.8, 4) is 11.1 Å². The Bertz CT molecular complexity index is 1810. The van der Waals surface area contributed by atoms with Crippen LogP contribution in [0.1, 0.15) is 55.9 Å². The Hall–Kier alpha value is -4.01. The number of rotatable bonds is 9. The summed E-state index contributed by atoms with van der Waals surface area (Å²) in [7, 11) is 0. The number of hydrogen-bond acceptors (Lipinski definition) is 4. The third kappa shape index (κ3) is 6.28. The van der Waals surface area contributed by atoms with Gasteiger partial charge in [-0.05, 0) is 97.3 Å². The van der Waals surface area contributed by atoms with Crippen LogP contribution in [0.25, 0.3) is 21.9 Å². The van der Waals surface area contributed by atoms with Crippen molar-refractivity contribution in [2.45, 2.75) is 63.2 Å². The number of furan rings is 1. The number of aryl methyl sites for hydroxylation is 1. The Balaban J connectivity index is 1.51. The third-order valence-corrected chi connectivity index (χ3v) is 9.65. The Morgan fingerprint density at radius 1 is 0.818 bits per heavy atom. The predicted molar refractivity (Wildman–Crippen MR) is 169 cm³/mol. The standard InChI is InChI=1S/C36H34F3NO3S/c1-23-13-16-26-9-6-7-12-29(26)32(23)44-40(35(4,5)30-19-20-31(43-30)36(37,38)39)22-24-14-17-25(18-15-24)27-10-8-11-28(21-27)34(2,3)33(41)42/h6-21H,22H2,1-5H3,(H,41,42). The topological polar surface area (TPSA) is 53.7 Å². The van der Waals surface area contributed by atoms with E-state index in [9.17, 15) is 23.1 Å². The van der Waals surface area contributed by atoms with Crippen LogP contribution in [0.3, 0.4) is 0 Å². The number of alkyl halides is 3. The van der Waals surface area contributed by atoms with Gasteiger partial charge in [0.05, 0.1) is 11.0 Å². The summed E-state index contributed by atoms with van der Waals surface area (Å²) in [6, 6.07) is 30.0. The number of nitrogens with zero attached hydrogens (tertiary/aromatic N) is 1. The Labute approximate surface area is 259 Å². The van der Waals surface area contributed by atoms with Crippen LogP contribution in [-0.4, -0.2) is 15.4 Å². The summed E-state index contributed by atoms with van der Waals surface area (Å²) in [5.74, 6) is -1.71. The second kappa shape index (κ2) is 11.8. The molecule has 0 saturated heterocycles. The van der Waals surface area contributed by atoms with E-state index >= 15 is 0 Å². The summed E-state index contributed by atoms with van der Waals surface area (Å²) >= 11 is 1.50.